The average molecular weight is 419 g/mol. The molecule has 0 unspecified atom stereocenters. The summed E-state index contributed by atoms with van der Waals surface area (Å²) in [5.41, 5.74) is 2.89. The van der Waals surface area contributed by atoms with Gasteiger partial charge in [0, 0.05) is 23.2 Å². The van der Waals surface area contributed by atoms with E-state index in [9.17, 15) is 18.0 Å². The maximum absolute atomic E-state index is 12.8. The van der Waals surface area contributed by atoms with Gasteiger partial charge >= 0.3 is 6.18 Å². The number of rotatable bonds is 6. The van der Waals surface area contributed by atoms with Crippen LogP contribution in [0.3, 0.4) is 0 Å². The van der Waals surface area contributed by atoms with E-state index in [1.165, 1.54) is 17.4 Å². The highest BCUT2D eigenvalue weighted by Gasteiger charge is 2.30. The smallest absolute Gasteiger partial charge is 0.376 e. The Morgan fingerprint density at radius 3 is 2.48 bits per heavy atom. The van der Waals surface area contributed by atoms with E-state index in [1.807, 2.05) is 32.0 Å². The number of para-hydroxylation sites is 1. The van der Waals surface area contributed by atoms with Crippen molar-refractivity contribution >= 4 is 28.1 Å². The summed E-state index contributed by atoms with van der Waals surface area (Å²) >= 11 is 1.25. The largest absolute Gasteiger partial charge is 0.416 e. The van der Waals surface area contributed by atoms with Gasteiger partial charge in [0.1, 0.15) is 0 Å². The summed E-state index contributed by atoms with van der Waals surface area (Å²) in [6.07, 6.45) is -2.48. The molecule has 152 valence electrons. The van der Waals surface area contributed by atoms with Crippen LogP contribution in [0.1, 0.15) is 27.1 Å². The molecule has 0 aliphatic carbocycles. The van der Waals surface area contributed by atoms with Crippen molar-refractivity contribution in [2.45, 2.75) is 26.4 Å². The Morgan fingerprint density at radius 1 is 1.10 bits per heavy atom. The molecule has 1 aromatic heterocycles. The quantitative estimate of drug-likeness (QED) is 0.561. The number of aryl methyl sites for hydroxylation is 2. The van der Waals surface area contributed by atoms with Crippen LogP contribution in [-0.4, -0.2) is 17.4 Å². The Balaban J connectivity index is 1.58. The van der Waals surface area contributed by atoms with Crippen molar-refractivity contribution < 1.29 is 18.0 Å². The molecule has 0 aliphatic heterocycles. The fourth-order valence-electron chi connectivity index (χ4n) is 2.93. The Morgan fingerprint density at radius 2 is 1.79 bits per heavy atom. The lowest BCUT2D eigenvalue weighted by atomic mass is 10.1. The highest BCUT2D eigenvalue weighted by molar-refractivity contribution is 7.15. The number of aromatic nitrogens is 1. The number of amides is 1. The third-order valence-corrected chi connectivity index (χ3v) is 5.25. The van der Waals surface area contributed by atoms with Crippen LogP contribution in [0, 0.1) is 13.8 Å². The van der Waals surface area contributed by atoms with E-state index < -0.39 is 11.7 Å². The van der Waals surface area contributed by atoms with Gasteiger partial charge in [-0.05, 0) is 36.6 Å². The van der Waals surface area contributed by atoms with Crippen molar-refractivity contribution in [3.8, 4) is 0 Å². The zero-order valence-corrected chi connectivity index (χ0v) is 16.7. The average Bonchev–Trinajstić information content (AvgIpc) is 3.07. The first-order valence-corrected chi connectivity index (χ1v) is 9.75. The second-order valence-electron chi connectivity index (χ2n) is 6.68. The molecule has 8 heteroatoms. The molecule has 0 atom stereocenters. The molecule has 0 saturated carbocycles. The third-order valence-electron chi connectivity index (χ3n) is 4.34. The second-order valence-corrected chi connectivity index (χ2v) is 7.79. The van der Waals surface area contributed by atoms with Crippen LogP contribution in [0.5, 0.6) is 0 Å². The molecule has 0 spiro atoms. The zero-order valence-electron chi connectivity index (χ0n) is 15.9. The lowest BCUT2D eigenvalue weighted by molar-refractivity contribution is -0.137. The SMILES string of the molecule is Cc1cccc(C)c1NCC(=O)Nc1ncc(Cc2cccc(C(F)(F)F)c2)s1. The molecule has 3 aromatic rings. The number of anilines is 2. The predicted molar refractivity (Wildman–Crippen MR) is 109 cm³/mol. The number of nitrogens with one attached hydrogen (secondary N) is 2. The minimum atomic E-state index is -4.37. The number of hydrogen-bond donors (Lipinski definition) is 2. The van der Waals surface area contributed by atoms with Crippen LogP contribution in [0.15, 0.2) is 48.7 Å². The fraction of sp³-hybridized carbons (Fsp3) is 0.238. The first-order valence-electron chi connectivity index (χ1n) is 8.93. The summed E-state index contributed by atoms with van der Waals surface area (Å²) in [7, 11) is 0. The zero-order chi connectivity index (χ0) is 21.0. The van der Waals surface area contributed by atoms with Crippen LogP contribution >= 0.6 is 11.3 Å². The van der Waals surface area contributed by atoms with Gasteiger partial charge in [0.05, 0.1) is 12.1 Å². The van der Waals surface area contributed by atoms with Crippen molar-refractivity contribution in [3.05, 3.63) is 75.8 Å². The highest BCUT2D eigenvalue weighted by Crippen LogP contribution is 2.30. The van der Waals surface area contributed by atoms with Crippen LogP contribution in [0.25, 0.3) is 0 Å². The van der Waals surface area contributed by atoms with Gasteiger partial charge < -0.3 is 10.6 Å². The summed E-state index contributed by atoms with van der Waals surface area (Å²) in [4.78, 5) is 17.1. The third kappa shape index (κ3) is 5.57. The predicted octanol–water partition coefficient (Wildman–Crippen LogP) is 5.42. The molecule has 2 N–H and O–H groups in total. The maximum Gasteiger partial charge on any atom is 0.416 e. The molecule has 2 aromatic carbocycles. The minimum Gasteiger partial charge on any atom is -0.376 e. The van der Waals surface area contributed by atoms with Gasteiger partial charge in [0.25, 0.3) is 0 Å². The van der Waals surface area contributed by atoms with Crippen molar-refractivity contribution in [1.29, 1.82) is 0 Å². The molecule has 0 saturated heterocycles. The van der Waals surface area contributed by atoms with E-state index in [4.69, 9.17) is 0 Å². The molecule has 0 radical (unpaired) electrons. The molecular formula is C21H20F3N3OS. The van der Waals surface area contributed by atoms with Crippen LogP contribution in [0.2, 0.25) is 0 Å². The van der Waals surface area contributed by atoms with Gasteiger partial charge in [-0.1, -0.05) is 36.4 Å². The number of benzene rings is 2. The van der Waals surface area contributed by atoms with E-state index in [0.29, 0.717) is 17.1 Å². The Labute approximate surface area is 170 Å². The van der Waals surface area contributed by atoms with Crippen LogP contribution in [-0.2, 0) is 17.4 Å². The van der Waals surface area contributed by atoms with E-state index in [0.717, 1.165) is 33.8 Å². The van der Waals surface area contributed by atoms with E-state index >= 15 is 0 Å². The molecule has 1 amide bonds. The number of carbonyl (C=O) groups excluding carboxylic acids is 1. The number of hydrogen-bond acceptors (Lipinski definition) is 4. The molecule has 0 aliphatic rings. The van der Waals surface area contributed by atoms with Crippen molar-refractivity contribution in [2.75, 3.05) is 17.2 Å². The Kier molecular flexibility index (Phi) is 6.22. The normalized spacial score (nSPS) is 11.3. The monoisotopic (exact) mass is 419 g/mol. The number of alkyl halides is 3. The summed E-state index contributed by atoms with van der Waals surface area (Å²) in [6.45, 7) is 4.02. The number of carbonyl (C=O) groups is 1. The fourth-order valence-corrected chi connectivity index (χ4v) is 3.79. The molecule has 1 heterocycles. The first-order chi connectivity index (χ1) is 13.7. The van der Waals surface area contributed by atoms with Crippen molar-refractivity contribution in [3.63, 3.8) is 0 Å². The first kappa shape index (κ1) is 20.9. The molecule has 0 bridgehead atoms. The Hall–Kier alpha value is -2.87. The van der Waals surface area contributed by atoms with Crippen molar-refractivity contribution in [2.24, 2.45) is 0 Å². The van der Waals surface area contributed by atoms with Crippen LogP contribution < -0.4 is 10.6 Å². The van der Waals surface area contributed by atoms with E-state index in [2.05, 4.69) is 15.6 Å². The van der Waals surface area contributed by atoms with Gasteiger partial charge in [0.2, 0.25) is 5.91 Å². The van der Waals surface area contributed by atoms with Crippen LogP contribution in [0.4, 0.5) is 24.0 Å². The highest BCUT2D eigenvalue weighted by atomic mass is 32.1. The van der Waals surface area contributed by atoms with Crippen molar-refractivity contribution in [1.82, 2.24) is 4.98 Å². The number of halogens is 3. The minimum absolute atomic E-state index is 0.0915. The molecule has 3 rings (SSSR count). The van der Waals surface area contributed by atoms with Gasteiger partial charge in [0.15, 0.2) is 5.13 Å². The molecule has 0 fully saturated rings. The summed E-state index contributed by atoms with van der Waals surface area (Å²) < 4.78 is 38.5. The van der Waals surface area contributed by atoms with Gasteiger partial charge in [-0.15, -0.1) is 11.3 Å². The molecular weight excluding hydrogens is 399 g/mol. The number of thiazole rings is 1. The van der Waals surface area contributed by atoms with E-state index in [-0.39, 0.29) is 12.5 Å². The lowest BCUT2D eigenvalue weighted by Gasteiger charge is -2.11. The Bertz CT molecular complexity index is 994. The molecule has 4 nitrogen and oxygen atoms in total. The molecule has 29 heavy (non-hydrogen) atoms. The maximum atomic E-state index is 12.8. The standard InChI is InChI=1S/C21H20F3N3OS/c1-13-5-3-6-14(2)19(13)25-12-18(28)27-20-26-11-17(29-20)10-15-7-4-8-16(9-15)21(22,23)24/h3-9,11,25H,10,12H2,1-2H3,(H,26,27,28). The topological polar surface area (TPSA) is 54.0 Å². The van der Waals surface area contributed by atoms with Gasteiger partial charge in [-0.3, -0.25) is 4.79 Å². The number of nitrogens with zero attached hydrogens (tertiary/aromatic N) is 1. The summed E-state index contributed by atoms with van der Waals surface area (Å²) in [5.74, 6) is -0.243. The summed E-state index contributed by atoms with van der Waals surface area (Å²) in [6, 6.07) is 11.1. The van der Waals surface area contributed by atoms with E-state index in [1.54, 1.807) is 12.3 Å². The second kappa shape index (κ2) is 8.65. The summed E-state index contributed by atoms with van der Waals surface area (Å²) in [5, 5.41) is 6.26. The lowest BCUT2D eigenvalue weighted by Crippen LogP contribution is -2.22. The van der Waals surface area contributed by atoms with Gasteiger partial charge in [-0.2, -0.15) is 13.2 Å². The van der Waals surface area contributed by atoms with Gasteiger partial charge in [-0.25, -0.2) is 4.98 Å².